The largest absolute Gasteiger partial charge is 0.490 e. The zero-order valence-electron chi connectivity index (χ0n) is 6.65. The molecule has 0 saturated heterocycles. The number of ether oxygens (including phenoxy) is 1. The molecule has 0 radical (unpaired) electrons. The molecule has 2 nitrogen and oxygen atoms in total. The topological polar surface area (TPSA) is 29.5 Å². The van der Waals surface area contributed by atoms with Gasteiger partial charge in [0.1, 0.15) is 5.76 Å². The SMILES string of the molecule is CC(C)OC1=CS(O)=CC=C1. The molecule has 1 unspecified atom stereocenters. The first-order valence-electron chi connectivity index (χ1n) is 3.49. The molecule has 1 heterocycles. The lowest BCUT2D eigenvalue weighted by Crippen LogP contribution is -2.01. The number of hydrogen-bond acceptors (Lipinski definition) is 2. The summed E-state index contributed by atoms with van der Waals surface area (Å²) >= 11 is 0. The van der Waals surface area contributed by atoms with Gasteiger partial charge in [-0.15, -0.1) is 0 Å². The van der Waals surface area contributed by atoms with Gasteiger partial charge < -0.3 is 9.29 Å². The Morgan fingerprint density at radius 3 is 2.82 bits per heavy atom. The Balaban J connectivity index is 2.61. The standard InChI is InChI=1S/C8H12O2S/c1-7(2)10-8-4-3-5-11(9)6-8/h3-7,9H,1-2H3. The Bertz CT molecular complexity index is 226. The molecule has 62 valence electrons. The second-order valence-electron chi connectivity index (χ2n) is 2.53. The van der Waals surface area contributed by atoms with E-state index in [4.69, 9.17) is 9.29 Å². The van der Waals surface area contributed by atoms with Gasteiger partial charge in [-0.25, -0.2) is 0 Å². The van der Waals surface area contributed by atoms with Crippen molar-refractivity contribution in [3.05, 3.63) is 23.3 Å². The molecule has 0 aromatic rings. The second kappa shape index (κ2) is 3.74. The van der Waals surface area contributed by atoms with Crippen LogP contribution in [0, 0.1) is 0 Å². The highest BCUT2D eigenvalue weighted by atomic mass is 32.2. The van der Waals surface area contributed by atoms with Gasteiger partial charge in [0.25, 0.3) is 0 Å². The third-order valence-corrected chi connectivity index (χ3v) is 2.00. The van der Waals surface area contributed by atoms with Gasteiger partial charge in [-0.3, -0.25) is 0 Å². The Hall–Kier alpha value is -0.540. The van der Waals surface area contributed by atoms with E-state index in [-0.39, 0.29) is 6.10 Å². The molecule has 0 bridgehead atoms. The van der Waals surface area contributed by atoms with E-state index in [1.165, 1.54) is 0 Å². The van der Waals surface area contributed by atoms with Crippen molar-refractivity contribution < 1.29 is 9.29 Å². The van der Waals surface area contributed by atoms with Crippen LogP contribution in [0.15, 0.2) is 23.3 Å². The van der Waals surface area contributed by atoms with Crippen LogP contribution in [-0.4, -0.2) is 16.0 Å². The van der Waals surface area contributed by atoms with Crippen LogP contribution in [0.1, 0.15) is 13.8 Å². The normalized spacial score (nSPS) is 22.9. The highest BCUT2D eigenvalue weighted by molar-refractivity contribution is 8.12. The van der Waals surface area contributed by atoms with Crippen molar-refractivity contribution in [1.82, 2.24) is 0 Å². The summed E-state index contributed by atoms with van der Waals surface area (Å²) in [6, 6.07) is 0. The van der Waals surface area contributed by atoms with Gasteiger partial charge in [-0.2, -0.15) is 0 Å². The maximum Gasteiger partial charge on any atom is 0.127 e. The first kappa shape index (κ1) is 8.56. The predicted molar refractivity (Wildman–Crippen MR) is 49.7 cm³/mol. The lowest BCUT2D eigenvalue weighted by atomic mass is 10.4. The van der Waals surface area contributed by atoms with E-state index in [0.29, 0.717) is 0 Å². The van der Waals surface area contributed by atoms with Crippen molar-refractivity contribution in [2.75, 3.05) is 0 Å². The highest BCUT2D eigenvalue weighted by Crippen LogP contribution is 2.17. The average Bonchev–Trinajstić information content (AvgIpc) is 1.85. The molecule has 0 aliphatic carbocycles. The molecule has 1 atom stereocenters. The summed E-state index contributed by atoms with van der Waals surface area (Å²) in [5, 5.41) is 3.44. The van der Waals surface area contributed by atoms with Crippen molar-refractivity contribution in [1.29, 1.82) is 0 Å². The molecule has 0 aromatic heterocycles. The minimum Gasteiger partial charge on any atom is -0.490 e. The van der Waals surface area contributed by atoms with Crippen LogP contribution < -0.4 is 0 Å². The van der Waals surface area contributed by atoms with Crippen LogP contribution in [0.3, 0.4) is 0 Å². The summed E-state index contributed by atoms with van der Waals surface area (Å²) < 4.78 is 14.5. The van der Waals surface area contributed by atoms with Gasteiger partial charge in [-0.1, -0.05) is 6.08 Å². The highest BCUT2D eigenvalue weighted by Gasteiger charge is 2.00. The summed E-state index contributed by atoms with van der Waals surface area (Å²) in [5.41, 5.74) is 0. The van der Waals surface area contributed by atoms with Crippen LogP contribution in [-0.2, 0) is 4.74 Å². The van der Waals surface area contributed by atoms with Gasteiger partial charge in [0.2, 0.25) is 0 Å². The number of rotatable bonds is 2. The quantitative estimate of drug-likeness (QED) is 0.648. The molecule has 0 aromatic carbocycles. The Morgan fingerprint density at radius 1 is 1.55 bits per heavy atom. The number of allylic oxidation sites excluding steroid dienone is 2. The van der Waals surface area contributed by atoms with Crippen LogP contribution in [0.25, 0.3) is 0 Å². The molecule has 1 rings (SSSR count). The van der Waals surface area contributed by atoms with Crippen LogP contribution in [0.2, 0.25) is 0 Å². The van der Waals surface area contributed by atoms with Gasteiger partial charge in [0.15, 0.2) is 0 Å². The summed E-state index contributed by atoms with van der Waals surface area (Å²) in [6.45, 7) is 3.92. The van der Waals surface area contributed by atoms with Crippen LogP contribution >= 0.6 is 10.8 Å². The molecule has 0 amide bonds. The molecule has 1 aliphatic rings. The summed E-state index contributed by atoms with van der Waals surface area (Å²) in [6.07, 6.45) is 3.82. The molecule has 0 fully saturated rings. The minimum atomic E-state index is -0.736. The molecule has 11 heavy (non-hydrogen) atoms. The fraction of sp³-hybridized carbons (Fsp3) is 0.375. The monoisotopic (exact) mass is 172 g/mol. The molecule has 0 saturated carbocycles. The van der Waals surface area contributed by atoms with E-state index in [0.717, 1.165) is 5.76 Å². The first-order chi connectivity index (χ1) is 5.18. The van der Waals surface area contributed by atoms with Crippen molar-refractivity contribution in [3.63, 3.8) is 0 Å². The van der Waals surface area contributed by atoms with E-state index < -0.39 is 10.8 Å². The molecule has 3 heteroatoms. The maximum atomic E-state index is 9.16. The Kier molecular flexibility index (Phi) is 2.91. The van der Waals surface area contributed by atoms with E-state index in [9.17, 15) is 0 Å². The lowest BCUT2D eigenvalue weighted by Gasteiger charge is -2.11. The zero-order valence-corrected chi connectivity index (χ0v) is 7.47. The second-order valence-corrected chi connectivity index (χ2v) is 3.73. The molecular weight excluding hydrogens is 160 g/mol. The van der Waals surface area contributed by atoms with Crippen molar-refractivity contribution in [3.8, 4) is 0 Å². The minimum absolute atomic E-state index is 0.168. The van der Waals surface area contributed by atoms with E-state index in [1.807, 2.05) is 19.9 Å². The fourth-order valence-corrected chi connectivity index (χ4v) is 1.44. The van der Waals surface area contributed by atoms with Gasteiger partial charge in [0.05, 0.1) is 6.10 Å². The van der Waals surface area contributed by atoms with Crippen LogP contribution in [0.5, 0.6) is 0 Å². The van der Waals surface area contributed by atoms with Crippen LogP contribution in [0.4, 0.5) is 0 Å². The Labute approximate surface area is 69.3 Å². The van der Waals surface area contributed by atoms with Gasteiger partial charge in [-0.05, 0) is 36.1 Å². The van der Waals surface area contributed by atoms with E-state index >= 15 is 0 Å². The summed E-state index contributed by atoms with van der Waals surface area (Å²) in [4.78, 5) is 0. The summed E-state index contributed by atoms with van der Waals surface area (Å²) in [5.74, 6) is 0.758. The third-order valence-electron chi connectivity index (χ3n) is 1.09. The van der Waals surface area contributed by atoms with Gasteiger partial charge in [0, 0.05) is 5.41 Å². The summed E-state index contributed by atoms with van der Waals surface area (Å²) in [7, 11) is -0.736. The third kappa shape index (κ3) is 2.91. The molecule has 1 aliphatic heterocycles. The first-order valence-corrected chi connectivity index (χ1v) is 4.80. The smallest absolute Gasteiger partial charge is 0.127 e. The maximum absolute atomic E-state index is 9.16. The fourth-order valence-electron chi connectivity index (χ4n) is 0.751. The molecule has 0 spiro atoms. The zero-order chi connectivity index (χ0) is 8.27. The number of hydrogen-bond donors (Lipinski definition) is 1. The van der Waals surface area contributed by atoms with Crippen molar-refractivity contribution in [2.45, 2.75) is 20.0 Å². The molecule has 1 N–H and O–H groups in total. The lowest BCUT2D eigenvalue weighted by molar-refractivity contribution is 0.158. The van der Waals surface area contributed by atoms with E-state index in [1.54, 1.807) is 16.9 Å². The average molecular weight is 172 g/mol. The van der Waals surface area contributed by atoms with Crippen molar-refractivity contribution >= 4 is 16.1 Å². The Morgan fingerprint density at radius 2 is 2.27 bits per heavy atom. The molecular formula is C8H12O2S. The van der Waals surface area contributed by atoms with E-state index in [2.05, 4.69) is 0 Å². The predicted octanol–water partition coefficient (Wildman–Crippen LogP) is 2.37. The van der Waals surface area contributed by atoms with Crippen molar-refractivity contribution in [2.24, 2.45) is 0 Å². The van der Waals surface area contributed by atoms with Gasteiger partial charge >= 0.3 is 0 Å².